The van der Waals surface area contributed by atoms with Crippen LogP contribution in [0.15, 0.2) is 97.1 Å². The van der Waals surface area contributed by atoms with Gasteiger partial charge in [0.05, 0.1) is 42.7 Å². The Morgan fingerprint density at radius 1 is 0.326 bits per heavy atom. The summed E-state index contributed by atoms with van der Waals surface area (Å²) in [5.74, 6) is 3.87. The standard InChI is InChI=1S/C30H46O2.C24H34O2.C22H26F4O2/c1-11-22(18-24-20-26(30(6,7)8)13-15-28(24)32-10)16-21(2)17-23-19-25(29(3,4)5)12-14-27(23)31-9;1-7-20(16-22-14-18(3)9-11-24(22)26-6)12-19(4)15-21-13-17(2)8-10-23(21)25-5;1-5-14(8-16-10-18(24)20(26)12-22(16)28-4)6-13(2)7-15-9-17(23)19(25)11-21(15)27-3/h12-15,19-22H,11,16-18H2,1-10H3;8-11,13-14,19-20H,7,12,15-16H2,1-6H3;9-14H,5-8H2,1-4H3/t21-,22?;19-,20?;13-,14?/m111/s1. The van der Waals surface area contributed by atoms with E-state index in [0.29, 0.717) is 59.1 Å². The lowest BCUT2D eigenvalue weighted by Crippen LogP contribution is -2.15. The van der Waals surface area contributed by atoms with Gasteiger partial charge in [0.1, 0.15) is 34.5 Å². The van der Waals surface area contributed by atoms with E-state index < -0.39 is 23.3 Å². The third-order valence-corrected chi connectivity index (χ3v) is 17.0. The van der Waals surface area contributed by atoms with Gasteiger partial charge in [0.2, 0.25) is 0 Å². The van der Waals surface area contributed by atoms with Crippen molar-refractivity contribution >= 4 is 0 Å². The third-order valence-electron chi connectivity index (χ3n) is 17.0. The molecule has 474 valence electrons. The molecule has 6 nitrogen and oxygen atoms in total. The van der Waals surface area contributed by atoms with Gasteiger partial charge in [-0.3, -0.25) is 0 Å². The highest BCUT2D eigenvalue weighted by Gasteiger charge is 2.24. The molecule has 0 bridgehead atoms. The molecule has 0 radical (unpaired) electrons. The van der Waals surface area contributed by atoms with E-state index in [1.165, 1.54) is 96.5 Å². The molecule has 0 spiro atoms. The van der Waals surface area contributed by atoms with Crippen LogP contribution >= 0.6 is 0 Å². The maximum atomic E-state index is 13.6. The first-order valence-corrected chi connectivity index (χ1v) is 31.3. The number of hydrogen-bond donors (Lipinski definition) is 0. The highest BCUT2D eigenvalue weighted by Crippen LogP contribution is 2.37. The summed E-state index contributed by atoms with van der Waals surface area (Å²) in [6.45, 7) is 31.3. The maximum Gasteiger partial charge on any atom is 0.162 e. The van der Waals surface area contributed by atoms with E-state index in [-0.39, 0.29) is 22.7 Å². The van der Waals surface area contributed by atoms with Crippen molar-refractivity contribution < 1.29 is 46.0 Å². The second kappa shape index (κ2) is 34.4. The monoisotopic (exact) mass is 1190 g/mol. The van der Waals surface area contributed by atoms with Crippen molar-refractivity contribution in [1.82, 2.24) is 0 Å². The topological polar surface area (TPSA) is 55.4 Å². The normalized spacial score (nSPS) is 13.6. The summed E-state index contributed by atoms with van der Waals surface area (Å²) >= 11 is 0. The Morgan fingerprint density at radius 2 is 0.570 bits per heavy atom. The molecule has 86 heavy (non-hydrogen) atoms. The molecule has 0 N–H and O–H groups in total. The first kappa shape index (κ1) is 72.3. The summed E-state index contributed by atoms with van der Waals surface area (Å²) in [5.41, 5.74) is 12.2. The lowest BCUT2D eigenvalue weighted by Gasteiger charge is -2.25. The van der Waals surface area contributed by atoms with Crippen molar-refractivity contribution in [1.29, 1.82) is 0 Å². The van der Waals surface area contributed by atoms with Gasteiger partial charge in [-0.25, -0.2) is 17.6 Å². The summed E-state index contributed by atoms with van der Waals surface area (Å²) in [6, 6.07) is 30.8. The Morgan fingerprint density at radius 3 is 0.860 bits per heavy atom. The van der Waals surface area contributed by atoms with E-state index in [9.17, 15) is 17.6 Å². The zero-order valence-corrected chi connectivity index (χ0v) is 56.1. The van der Waals surface area contributed by atoms with Crippen LogP contribution < -0.4 is 28.4 Å². The van der Waals surface area contributed by atoms with Crippen molar-refractivity contribution in [3.05, 3.63) is 176 Å². The van der Waals surface area contributed by atoms with Gasteiger partial charge >= 0.3 is 0 Å². The van der Waals surface area contributed by atoms with Crippen LogP contribution in [0, 0.1) is 72.6 Å². The highest BCUT2D eigenvalue weighted by atomic mass is 19.2. The summed E-state index contributed by atoms with van der Waals surface area (Å²) in [7, 11) is 9.94. The number of rotatable bonds is 27. The minimum absolute atomic E-state index is 0.144. The summed E-state index contributed by atoms with van der Waals surface area (Å²) in [4.78, 5) is 0. The van der Waals surface area contributed by atoms with Crippen LogP contribution in [0.3, 0.4) is 0 Å². The van der Waals surface area contributed by atoms with E-state index in [2.05, 4.69) is 156 Å². The van der Waals surface area contributed by atoms with Crippen LogP contribution in [0.2, 0.25) is 0 Å². The van der Waals surface area contributed by atoms with E-state index in [4.69, 9.17) is 28.4 Å². The van der Waals surface area contributed by atoms with Crippen LogP contribution in [0.25, 0.3) is 0 Å². The molecule has 10 heteroatoms. The molecule has 0 saturated carbocycles. The molecule has 6 atom stereocenters. The fourth-order valence-electron chi connectivity index (χ4n) is 12.0. The lowest BCUT2D eigenvalue weighted by atomic mass is 9.81. The van der Waals surface area contributed by atoms with Gasteiger partial charge in [0.15, 0.2) is 23.3 Å². The van der Waals surface area contributed by atoms with Crippen LogP contribution in [-0.2, 0) is 49.4 Å². The van der Waals surface area contributed by atoms with Gasteiger partial charge in [-0.05, 0) is 199 Å². The van der Waals surface area contributed by atoms with E-state index in [1.54, 1.807) is 28.4 Å². The summed E-state index contributed by atoms with van der Waals surface area (Å²) in [5, 5.41) is 0. The van der Waals surface area contributed by atoms with Crippen LogP contribution in [0.4, 0.5) is 17.6 Å². The van der Waals surface area contributed by atoms with Gasteiger partial charge in [-0.1, -0.05) is 162 Å². The Balaban J connectivity index is 0.000000278. The minimum atomic E-state index is -0.940. The molecule has 0 fully saturated rings. The third kappa shape index (κ3) is 22.2. The fraction of sp³-hybridized carbons (Fsp3) is 0.526. The molecule has 0 aliphatic carbocycles. The second-order valence-corrected chi connectivity index (χ2v) is 26.4. The average molecular weight is 1190 g/mol. The molecule has 6 rings (SSSR count). The SMILES string of the molecule is CCC(Cc1cc(C(C)(C)C)ccc1OC)C[C@@H](C)Cc1cc(C(C)(C)C)ccc1OC.CCC(Cc1cc(C)ccc1OC)C[C@@H](C)Cc1cc(C)ccc1OC.CCC(Cc1cc(F)c(F)cc1OC)C[C@@H](C)Cc1cc(F)c(F)cc1OC. The smallest absolute Gasteiger partial charge is 0.162 e. The van der Waals surface area contributed by atoms with Gasteiger partial charge in [0.25, 0.3) is 0 Å². The second-order valence-electron chi connectivity index (χ2n) is 26.4. The summed E-state index contributed by atoms with van der Waals surface area (Å²) < 4.78 is 87.0. The van der Waals surface area contributed by atoms with Gasteiger partial charge < -0.3 is 28.4 Å². The van der Waals surface area contributed by atoms with Crippen LogP contribution in [0.5, 0.6) is 34.5 Å². The minimum Gasteiger partial charge on any atom is -0.496 e. The summed E-state index contributed by atoms with van der Waals surface area (Å²) in [6.07, 6.45) is 11.7. The average Bonchev–Trinajstić information content (AvgIpc) is 3.62. The molecule has 0 amide bonds. The first-order valence-electron chi connectivity index (χ1n) is 31.3. The highest BCUT2D eigenvalue weighted by molar-refractivity contribution is 5.43. The zero-order chi connectivity index (χ0) is 64.1. The maximum absolute atomic E-state index is 13.6. The Labute approximate surface area is 517 Å². The van der Waals surface area contributed by atoms with Crippen molar-refractivity contribution in [3.63, 3.8) is 0 Å². The van der Waals surface area contributed by atoms with E-state index in [0.717, 1.165) is 73.7 Å². The van der Waals surface area contributed by atoms with Crippen molar-refractivity contribution in [2.45, 2.75) is 185 Å². The van der Waals surface area contributed by atoms with Crippen molar-refractivity contribution in [3.8, 4) is 34.5 Å². The molecule has 0 aromatic heterocycles. The Bertz CT molecular complexity index is 3030. The Kier molecular flexibility index (Phi) is 28.9. The number of aryl methyl sites for hydroxylation is 2. The fourth-order valence-corrected chi connectivity index (χ4v) is 12.0. The molecule has 0 heterocycles. The first-order chi connectivity index (χ1) is 40.6. The molecule has 6 aromatic rings. The van der Waals surface area contributed by atoms with Crippen LogP contribution in [0.1, 0.15) is 177 Å². The number of methoxy groups -OCH3 is 6. The largest absolute Gasteiger partial charge is 0.496 e. The number of benzene rings is 6. The molecule has 0 saturated heterocycles. The zero-order valence-electron chi connectivity index (χ0n) is 56.1. The van der Waals surface area contributed by atoms with Gasteiger partial charge in [0, 0.05) is 12.1 Å². The number of halogens is 4. The van der Waals surface area contributed by atoms with Gasteiger partial charge in [-0.15, -0.1) is 0 Å². The predicted octanol–water partition coefficient (Wildman–Crippen LogP) is 20.4. The molecular weight excluding hydrogens is 1080 g/mol. The molecule has 0 aliphatic heterocycles. The van der Waals surface area contributed by atoms with E-state index >= 15 is 0 Å². The molecule has 0 aliphatic rings. The predicted molar refractivity (Wildman–Crippen MR) is 350 cm³/mol. The van der Waals surface area contributed by atoms with Gasteiger partial charge in [-0.2, -0.15) is 0 Å². The Hall–Kier alpha value is -6.16. The molecule has 3 unspecified atom stereocenters. The number of hydrogen-bond acceptors (Lipinski definition) is 6. The molecular formula is C76H106F4O6. The molecule has 6 aromatic carbocycles. The van der Waals surface area contributed by atoms with Crippen molar-refractivity contribution in [2.24, 2.45) is 35.5 Å². The lowest BCUT2D eigenvalue weighted by molar-refractivity contribution is 0.354. The van der Waals surface area contributed by atoms with E-state index in [1.807, 2.05) is 13.8 Å². The number of ether oxygens (including phenoxy) is 6. The quantitative estimate of drug-likeness (QED) is 0.0479. The van der Waals surface area contributed by atoms with Crippen LogP contribution in [-0.4, -0.2) is 42.7 Å². The van der Waals surface area contributed by atoms with Crippen molar-refractivity contribution in [2.75, 3.05) is 42.7 Å².